The summed E-state index contributed by atoms with van der Waals surface area (Å²) < 4.78 is 0. The van der Waals surface area contributed by atoms with Crippen LogP contribution in [-0.4, -0.2) is 33.9 Å². The lowest BCUT2D eigenvalue weighted by molar-refractivity contribution is -0.384. The molecule has 1 fully saturated rings. The van der Waals surface area contributed by atoms with Gasteiger partial charge in [-0.2, -0.15) is 0 Å². The fraction of sp³-hybridized carbons (Fsp3) is 0.250. The van der Waals surface area contributed by atoms with E-state index in [-0.39, 0.29) is 24.1 Å². The molecule has 3 N–H and O–H groups in total. The van der Waals surface area contributed by atoms with E-state index in [2.05, 4.69) is 10.6 Å². The number of amides is 2. The second kappa shape index (κ2) is 5.57. The maximum atomic E-state index is 11.7. The summed E-state index contributed by atoms with van der Waals surface area (Å²) in [5, 5.41) is 24.7. The highest BCUT2D eigenvalue weighted by Crippen LogP contribution is 2.29. The number of carbonyl (C=O) groups is 3. The van der Waals surface area contributed by atoms with Crippen LogP contribution in [0.5, 0.6) is 0 Å². The fourth-order valence-electron chi connectivity index (χ4n) is 2.03. The van der Waals surface area contributed by atoms with Gasteiger partial charge < -0.3 is 10.4 Å². The van der Waals surface area contributed by atoms with E-state index in [1.54, 1.807) is 0 Å². The largest absolute Gasteiger partial charge is 0.478 e. The van der Waals surface area contributed by atoms with Gasteiger partial charge in [-0.1, -0.05) is 6.07 Å². The number of nitro groups is 1. The molecule has 110 valence electrons. The van der Waals surface area contributed by atoms with Gasteiger partial charge in [0.05, 0.1) is 10.5 Å². The van der Waals surface area contributed by atoms with Crippen molar-refractivity contribution in [3.8, 4) is 0 Å². The number of rotatable bonds is 4. The number of nitrogens with one attached hydrogen (secondary N) is 2. The zero-order valence-electron chi connectivity index (χ0n) is 10.7. The molecule has 1 aliphatic rings. The number of nitro benzene ring substituents is 1. The molecular formula is C12H11N3O6. The molecule has 1 unspecified atom stereocenters. The Balaban J connectivity index is 2.38. The quantitative estimate of drug-likeness (QED) is 0.417. The number of hydrogen-bond donors (Lipinski definition) is 3. The number of carboxylic acids is 1. The van der Waals surface area contributed by atoms with Crippen molar-refractivity contribution in [1.29, 1.82) is 0 Å². The van der Waals surface area contributed by atoms with Crippen LogP contribution in [0, 0.1) is 10.1 Å². The van der Waals surface area contributed by atoms with Gasteiger partial charge in [0.1, 0.15) is 11.7 Å². The number of nitrogens with zero attached hydrogens (tertiary/aromatic N) is 1. The summed E-state index contributed by atoms with van der Waals surface area (Å²) >= 11 is 0. The summed E-state index contributed by atoms with van der Waals surface area (Å²) in [6.07, 6.45) is 0.211. The number of hydrogen-bond acceptors (Lipinski definition) is 6. The van der Waals surface area contributed by atoms with Crippen molar-refractivity contribution in [3.05, 3.63) is 33.9 Å². The standard InChI is InChI=1S/C12H11N3O6/c16-9-5-4-7(11(17)14-9)13-10-6(12(18)19)2-1-3-8(10)15(20)21/h1-3,7,13H,4-5H2,(H,18,19)(H,14,16,17). The van der Waals surface area contributed by atoms with Crippen LogP contribution in [-0.2, 0) is 9.59 Å². The predicted octanol–water partition coefficient (Wildman–Crippen LogP) is 0.510. The van der Waals surface area contributed by atoms with E-state index in [9.17, 15) is 24.5 Å². The second-order valence-corrected chi connectivity index (χ2v) is 4.41. The van der Waals surface area contributed by atoms with Crippen LogP contribution in [0.3, 0.4) is 0 Å². The molecule has 1 aromatic rings. The maximum absolute atomic E-state index is 11.7. The molecule has 21 heavy (non-hydrogen) atoms. The lowest BCUT2D eigenvalue weighted by Gasteiger charge is -2.23. The molecule has 0 radical (unpaired) electrons. The number of carbonyl (C=O) groups excluding carboxylic acids is 2. The Hall–Kier alpha value is -2.97. The first-order valence-corrected chi connectivity index (χ1v) is 6.01. The fourth-order valence-corrected chi connectivity index (χ4v) is 2.03. The van der Waals surface area contributed by atoms with E-state index in [0.29, 0.717) is 0 Å². The molecule has 9 nitrogen and oxygen atoms in total. The zero-order valence-corrected chi connectivity index (χ0v) is 10.7. The smallest absolute Gasteiger partial charge is 0.338 e. The molecule has 0 aliphatic carbocycles. The molecule has 2 rings (SSSR count). The van der Waals surface area contributed by atoms with E-state index in [4.69, 9.17) is 5.11 Å². The summed E-state index contributed by atoms with van der Waals surface area (Å²) in [7, 11) is 0. The Bertz CT molecular complexity index is 610. The van der Waals surface area contributed by atoms with Gasteiger partial charge in [0.2, 0.25) is 11.8 Å². The number of imide groups is 1. The summed E-state index contributed by atoms with van der Waals surface area (Å²) in [5.74, 6) is -2.42. The zero-order chi connectivity index (χ0) is 15.6. The van der Waals surface area contributed by atoms with E-state index >= 15 is 0 Å². The molecular weight excluding hydrogens is 282 g/mol. The summed E-state index contributed by atoms with van der Waals surface area (Å²) in [6.45, 7) is 0. The first kappa shape index (κ1) is 14.4. The topological polar surface area (TPSA) is 139 Å². The van der Waals surface area contributed by atoms with Gasteiger partial charge in [-0.3, -0.25) is 25.0 Å². The van der Waals surface area contributed by atoms with Crippen molar-refractivity contribution >= 4 is 29.2 Å². The third kappa shape index (κ3) is 2.96. The van der Waals surface area contributed by atoms with Crippen LogP contribution in [0.25, 0.3) is 0 Å². The van der Waals surface area contributed by atoms with Gasteiger partial charge >= 0.3 is 5.97 Å². The first-order chi connectivity index (χ1) is 9.90. The summed E-state index contributed by atoms with van der Waals surface area (Å²) in [5.41, 5.74) is -1.00. The van der Waals surface area contributed by atoms with E-state index in [1.807, 2.05) is 0 Å². The van der Waals surface area contributed by atoms with Crippen molar-refractivity contribution in [3.63, 3.8) is 0 Å². The highest BCUT2D eigenvalue weighted by Gasteiger charge is 2.30. The minimum absolute atomic E-state index is 0.0758. The van der Waals surface area contributed by atoms with Crippen LogP contribution >= 0.6 is 0 Å². The Labute approximate surface area is 118 Å². The van der Waals surface area contributed by atoms with Gasteiger partial charge in [-0.25, -0.2) is 4.79 Å². The van der Waals surface area contributed by atoms with Crippen molar-refractivity contribution in [1.82, 2.24) is 5.32 Å². The normalized spacial score (nSPS) is 18.0. The Kier molecular flexibility index (Phi) is 3.83. The molecule has 0 aromatic heterocycles. The molecule has 0 saturated carbocycles. The van der Waals surface area contributed by atoms with Crippen LogP contribution < -0.4 is 10.6 Å². The van der Waals surface area contributed by atoms with Crippen LogP contribution in [0.15, 0.2) is 18.2 Å². The minimum atomic E-state index is -1.35. The van der Waals surface area contributed by atoms with Crippen molar-refractivity contribution < 1.29 is 24.4 Å². The molecule has 1 atom stereocenters. The molecule has 1 saturated heterocycles. The van der Waals surface area contributed by atoms with E-state index in [0.717, 1.165) is 6.07 Å². The lowest BCUT2D eigenvalue weighted by Crippen LogP contribution is -2.47. The van der Waals surface area contributed by atoms with E-state index < -0.39 is 34.4 Å². The van der Waals surface area contributed by atoms with Crippen LogP contribution in [0.4, 0.5) is 11.4 Å². The number of carboxylic acid groups (broad SMARTS) is 1. The monoisotopic (exact) mass is 293 g/mol. The first-order valence-electron chi connectivity index (χ1n) is 6.01. The van der Waals surface area contributed by atoms with Gasteiger partial charge in [-0.05, 0) is 12.5 Å². The van der Waals surface area contributed by atoms with E-state index in [1.165, 1.54) is 12.1 Å². The highest BCUT2D eigenvalue weighted by molar-refractivity contribution is 6.03. The van der Waals surface area contributed by atoms with Gasteiger partial charge in [-0.15, -0.1) is 0 Å². The number of para-hydroxylation sites is 1. The predicted molar refractivity (Wildman–Crippen MR) is 69.9 cm³/mol. The third-order valence-corrected chi connectivity index (χ3v) is 3.03. The third-order valence-electron chi connectivity index (χ3n) is 3.03. The lowest BCUT2D eigenvalue weighted by atomic mass is 10.0. The minimum Gasteiger partial charge on any atom is -0.478 e. The van der Waals surface area contributed by atoms with Crippen molar-refractivity contribution in [2.45, 2.75) is 18.9 Å². The molecule has 1 heterocycles. The van der Waals surface area contributed by atoms with Gasteiger partial charge in [0.15, 0.2) is 0 Å². The van der Waals surface area contributed by atoms with Gasteiger partial charge in [0.25, 0.3) is 5.69 Å². The molecule has 2 amide bonds. The number of benzene rings is 1. The number of anilines is 1. The SMILES string of the molecule is O=C1CCC(Nc2c(C(=O)O)cccc2[N+](=O)[O-])C(=O)N1. The molecule has 1 aliphatic heterocycles. The Morgan fingerprint density at radius 1 is 1.43 bits per heavy atom. The van der Waals surface area contributed by atoms with Crippen molar-refractivity contribution in [2.75, 3.05) is 5.32 Å². The second-order valence-electron chi connectivity index (χ2n) is 4.41. The van der Waals surface area contributed by atoms with Crippen molar-refractivity contribution in [2.24, 2.45) is 0 Å². The number of piperidine rings is 1. The summed E-state index contributed by atoms with van der Waals surface area (Å²) in [6, 6.07) is 2.68. The highest BCUT2D eigenvalue weighted by atomic mass is 16.6. The van der Waals surface area contributed by atoms with Crippen LogP contribution in [0.1, 0.15) is 23.2 Å². The average Bonchev–Trinajstić information content (AvgIpc) is 2.41. The summed E-state index contributed by atoms with van der Waals surface area (Å²) in [4.78, 5) is 44.1. The number of aromatic carboxylic acids is 1. The average molecular weight is 293 g/mol. The molecule has 1 aromatic carbocycles. The maximum Gasteiger partial charge on any atom is 0.338 e. The Morgan fingerprint density at radius 2 is 2.14 bits per heavy atom. The molecule has 9 heteroatoms. The Morgan fingerprint density at radius 3 is 2.71 bits per heavy atom. The molecule has 0 spiro atoms. The van der Waals surface area contributed by atoms with Gasteiger partial charge in [0, 0.05) is 12.5 Å². The van der Waals surface area contributed by atoms with Crippen LogP contribution in [0.2, 0.25) is 0 Å². The molecule has 0 bridgehead atoms.